The number of hydrogen-bond donors (Lipinski definition) is 0. The predicted molar refractivity (Wildman–Crippen MR) is 124 cm³/mol. The Balaban J connectivity index is 1.25. The van der Waals surface area contributed by atoms with Gasteiger partial charge in [0, 0.05) is 36.6 Å². The number of hydrogen-bond acceptors (Lipinski definition) is 6. The molecule has 2 aromatic carbocycles. The highest BCUT2D eigenvalue weighted by Gasteiger charge is 2.18. The van der Waals surface area contributed by atoms with Crippen molar-refractivity contribution in [2.45, 2.75) is 39.3 Å². The molecule has 0 N–H and O–H groups in total. The third-order valence-electron chi connectivity index (χ3n) is 5.86. The Morgan fingerprint density at radius 3 is 2.85 bits per heavy atom. The first-order valence-corrected chi connectivity index (χ1v) is 11.4. The summed E-state index contributed by atoms with van der Waals surface area (Å²) in [7, 11) is 0. The van der Waals surface area contributed by atoms with Gasteiger partial charge in [0.25, 0.3) is 5.89 Å². The monoisotopic (exact) mass is 465 g/mol. The van der Waals surface area contributed by atoms with Crippen LogP contribution in [0.15, 0.2) is 47.2 Å². The number of halogens is 1. The predicted octanol–water partition coefficient (Wildman–Crippen LogP) is 4.64. The molecule has 0 unspecified atom stereocenters. The highest BCUT2D eigenvalue weighted by molar-refractivity contribution is 6.30. The van der Waals surface area contributed by atoms with Crippen LogP contribution in [0.2, 0.25) is 5.02 Å². The topological polar surface area (TPSA) is 86.3 Å². The van der Waals surface area contributed by atoms with E-state index in [1.165, 1.54) is 0 Å². The molecule has 8 nitrogen and oxygen atoms in total. The van der Waals surface area contributed by atoms with Crippen LogP contribution in [-0.4, -0.2) is 43.6 Å². The summed E-state index contributed by atoms with van der Waals surface area (Å²) in [5.74, 6) is 1.78. The molecule has 0 atom stereocenters. The highest BCUT2D eigenvalue weighted by atomic mass is 35.5. The van der Waals surface area contributed by atoms with Crippen molar-refractivity contribution >= 4 is 28.5 Å². The van der Waals surface area contributed by atoms with Crippen molar-refractivity contribution in [1.82, 2.24) is 24.6 Å². The van der Waals surface area contributed by atoms with E-state index in [-0.39, 0.29) is 12.5 Å². The highest BCUT2D eigenvalue weighted by Crippen LogP contribution is 2.25. The van der Waals surface area contributed by atoms with Crippen LogP contribution < -0.4 is 4.74 Å². The Bertz CT molecular complexity index is 1290. The average Bonchev–Trinajstić information content (AvgIpc) is 3.57. The molecule has 3 heterocycles. The lowest BCUT2D eigenvalue weighted by Crippen LogP contribution is -2.28. The number of carbonyl (C=O) groups excluding carboxylic acids is 1. The first kappa shape index (κ1) is 21.5. The van der Waals surface area contributed by atoms with E-state index in [2.05, 4.69) is 15.1 Å². The molecule has 4 aromatic rings. The van der Waals surface area contributed by atoms with Crippen molar-refractivity contribution in [3.8, 4) is 17.1 Å². The lowest BCUT2D eigenvalue weighted by atomic mass is 10.2. The standard InChI is InChI=1S/C24H24ClN5O3/c1-16-12-18(25)5-7-21(16)32-14-22-27-24(28-33-22)17-4-6-20-19(13-17)26-15-30(20)11-8-23(31)29-9-2-3-10-29/h4-7,12-13,15H,2-3,8-11,14H2,1H3. The Kier molecular flexibility index (Phi) is 6.00. The van der Waals surface area contributed by atoms with E-state index in [4.69, 9.17) is 20.9 Å². The number of amides is 1. The largest absolute Gasteiger partial charge is 0.483 e. The van der Waals surface area contributed by atoms with Gasteiger partial charge in [-0.3, -0.25) is 4.79 Å². The summed E-state index contributed by atoms with van der Waals surface area (Å²) in [6.07, 6.45) is 4.46. The first-order chi connectivity index (χ1) is 16.1. The molecule has 1 saturated heterocycles. The van der Waals surface area contributed by atoms with E-state index in [0.717, 1.165) is 48.1 Å². The van der Waals surface area contributed by atoms with Gasteiger partial charge >= 0.3 is 0 Å². The van der Waals surface area contributed by atoms with Crippen LogP contribution in [0, 0.1) is 6.92 Å². The van der Waals surface area contributed by atoms with Gasteiger partial charge in [0.1, 0.15) is 5.75 Å². The van der Waals surface area contributed by atoms with Gasteiger partial charge in [-0.1, -0.05) is 16.8 Å². The van der Waals surface area contributed by atoms with Crippen LogP contribution in [0.4, 0.5) is 0 Å². The number of rotatable bonds is 7. The third kappa shape index (κ3) is 4.71. The Morgan fingerprint density at radius 2 is 2.03 bits per heavy atom. The number of imidazole rings is 1. The zero-order chi connectivity index (χ0) is 22.8. The molecule has 1 fully saturated rings. The van der Waals surface area contributed by atoms with Crippen molar-refractivity contribution in [3.63, 3.8) is 0 Å². The normalized spacial score (nSPS) is 13.7. The SMILES string of the molecule is Cc1cc(Cl)ccc1OCc1nc(-c2ccc3c(c2)ncn3CCC(=O)N2CCCC2)no1. The van der Waals surface area contributed by atoms with E-state index in [0.29, 0.717) is 35.5 Å². The Hall–Kier alpha value is -3.39. The lowest BCUT2D eigenvalue weighted by Gasteiger charge is -2.15. The molecule has 0 radical (unpaired) electrons. The summed E-state index contributed by atoms with van der Waals surface area (Å²) in [4.78, 5) is 23.2. The quantitative estimate of drug-likeness (QED) is 0.395. The minimum absolute atomic E-state index is 0.164. The molecular weight excluding hydrogens is 442 g/mol. The molecule has 2 aromatic heterocycles. The summed E-state index contributed by atoms with van der Waals surface area (Å²) < 4.78 is 13.1. The molecule has 5 rings (SSSR count). The molecule has 1 amide bonds. The molecule has 170 valence electrons. The molecular formula is C24H24ClN5O3. The number of likely N-dealkylation sites (tertiary alicyclic amines) is 1. The summed E-state index contributed by atoms with van der Waals surface area (Å²) in [6, 6.07) is 11.3. The minimum atomic E-state index is 0.164. The minimum Gasteiger partial charge on any atom is -0.483 e. The van der Waals surface area contributed by atoms with Crippen LogP contribution in [0.5, 0.6) is 5.75 Å². The van der Waals surface area contributed by atoms with E-state index in [1.54, 1.807) is 12.4 Å². The van der Waals surface area contributed by atoms with Crippen molar-refractivity contribution < 1.29 is 14.1 Å². The molecule has 9 heteroatoms. The van der Waals surface area contributed by atoms with E-state index in [9.17, 15) is 4.79 Å². The maximum Gasteiger partial charge on any atom is 0.264 e. The number of carbonyl (C=O) groups is 1. The second-order valence-electron chi connectivity index (χ2n) is 8.19. The van der Waals surface area contributed by atoms with Gasteiger partial charge < -0.3 is 18.7 Å². The van der Waals surface area contributed by atoms with E-state index in [1.807, 2.05) is 46.7 Å². The first-order valence-electron chi connectivity index (χ1n) is 11.0. The van der Waals surface area contributed by atoms with Crippen LogP contribution in [0.3, 0.4) is 0 Å². The summed E-state index contributed by atoms with van der Waals surface area (Å²) in [5.41, 5.74) is 3.53. The van der Waals surface area contributed by atoms with Crippen LogP contribution in [-0.2, 0) is 17.9 Å². The second-order valence-corrected chi connectivity index (χ2v) is 8.63. The average molecular weight is 466 g/mol. The second kappa shape index (κ2) is 9.23. The lowest BCUT2D eigenvalue weighted by molar-refractivity contribution is -0.130. The summed E-state index contributed by atoms with van der Waals surface area (Å²) in [5, 5.41) is 4.74. The zero-order valence-electron chi connectivity index (χ0n) is 18.3. The molecule has 1 aliphatic rings. The number of nitrogens with zero attached hydrogens (tertiary/aromatic N) is 5. The van der Waals surface area contributed by atoms with Crippen LogP contribution in [0.25, 0.3) is 22.4 Å². The maximum atomic E-state index is 12.3. The van der Waals surface area contributed by atoms with Gasteiger partial charge in [-0.15, -0.1) is 0 Å². The fourth-order valence-electron chi connectivity index (χ4n) is 4.07. The van der Waals surface area contributed by atoms with Gasteiger partial charge in [-0.25, -0.2) is 4.98 Å². The van der Waals surface area contributed by atoms with Gasteiger partial charge in [0.05, 0.1) is 17.4 Å². The van der Waals surface area contributed by atoms with Gasteiger partial charge in [-0.2, -0.15) is 4.98 Å². The number of aromatic nitrogens is 4. The van der Waals surface area contributed by atoms with Crippen molar-refractivity contribution in [3.05, 3.63) is 59.2 Å². The number of benzene rings is 2. The summed E-state index contributed by atoms with van der Waals surface area (Å²) >= 11 is 5.99. The molecule has 0 bridgehead atoms. The number of aryl methyl sites for hydroxylation is 2. The van der Waals surface area contributed by atoms with E-state index < -0.39 is 0 Å². The van der Waals surface area contributed by atoms with Crippen LogP contribution >= 0.6 is 11.6 Å². The maximum absolute atomic E-state index is 12.3. The molecule has 0 spiro atoms. The zero-order valence-corrected chi connectivity index (χ0v) is 19.1. The number of fused-ring (bicyclic) bond motifs is 1. The molecule has 1 aliphatic heterocycles. The van der Waals surface area contributed by atoms with Crippen molar-refractivity contribution in [2.75, 3.05) is 13.1 Å². The molecule has 33 heavy (non-hydrogen) atoms. The Morgan fingerprint density at radius 1 is 1.18 bits per heavy atom. The molecule has 0 saturated carbocycles. The smallest absolute Gasteiger partial charge is 0.264 e. The van der Waals surface area contributed by atoms with Crippen molar-refractivity contribution in [2.24, 2.45) is 0 Å². The van der Waals surface area contributed by atoms with Crippen LogP contribution in [0.1, 0.15) is 30.7 Å². The van der Waals surface area contributed by atoms with Gasteiger partial charge in [0.15, 0.2) is 6.61 Å². The Labute approximate surface area is 196 Å². The van der Waals surface area contributed by atoms with Crippen molar-refractivity contribution in [1.29, 1.82) is 0 Å². The van der Waals surface area contributed by atoms with E-state index >= 15 is 0 Å². The molecule has 0 aliphatic carbocycles. The number of ether oxygens (including phenoxy) is 1. The fourth-order valence-corrected chi connectivity index (χ4v) is 4.29. The summed E-state index contributed by atoms with van der Waals surface area (Å²) in [6.45, 7) is 4.46. The third-order valence-corrected chi connectivity index (χ3v) is 6.10. The van der Waals surface area contributed by atoms with Gasteiger partial charge in [0.2, 0.25) is 11.7 Å². The fraction of sp³-hybridized carbons (Fsp3) is 0.333. The van der Waals surface area contributed by atoms with Gasteiger partial charge in [-0.05, 0) is 61.7 Å².